The minimum absolute atomic E-state index is 0. The van der Waals surface area contributed by atoms with Gasteiger partial charge in [0.1, 0.15) is 5.60 Å². The fraction of sp³-hybridized carbons (Fsp3) is 1.00. The molecule has 0 aromatic carbocycles. The molecule has 0 spiro atoms. The van der Waals surface area contributed by atoms with E-state index >= 15 is 0 Å². The number of epoxide rings is 1. The molecule has 0 radical (unpaired) electrons. The molecular formula is C5H12O2. The highest BCUT2D eigenvalue weighted by Crippen LogP contribution is 2.23. The Morgan fingerprint density at radius 3 is 2.29 bits per heavy atom. The first kappa shape index (κ1) is 6.92. The summed E-state index contributed by atoms with van der Waals surface area (Å²) in [5.41, 5.74) is -0.153. The Kier molecular flexibility index (Phi) is 1.78. The van der Waals surface area contributed by atoms with E-state index in [2.05, 4.69) is 0 Å². The second kappa shape index (κ2) is 1.80. The van der Waals surface area contributed by atoms with Gasteiger partial charge in [0.15, 0.2) is 0 Å². The number of ether oxygens (including phenoxy) is 1. The van der Waals surface area contributed by atoms with Crippen molar-refractivity contribution < 1.29 is 9.84 Å². The Balaban J connectivity index is 0.000000360. The van der Waals surface area contributed by atoms with Gasteiger partial charge >= 0.3 is 0 Å². The third kappa shape index (κ3) is 1.45. The molecule has 1 aliphatic rings. The number of hydrogen-bond donors (Lipinski definition) is 1. The SMILES string of the molecule is C.CC1(CO)CO1. The summed E-state index contributed by atoms with van der Waals surface area (Å²) in [4.78, 5) is 0. The fourth-order valence-corrected chi connectivity index (χ4v) is 0.214. The Bertz CT molecular complexity index is 57.1. The monoisotopic (exact) mass is 104 g/mol. The predicted molar refractivity (Wildman–Crippen MR) is 28.2 cm³/mol. The smallest absolute Gasteiger partial charge is 0.112 e. The summed E-state index contributed by atoms with van der Waals surface area (Å²) >= 11 is 0. The molecule has 1 fully saturated rings. The standard InChI is InChI=1S/C4H8O2.CH4/c1-4(2-5)3-6-4;/h5H,2-3H2,1H3;1H4. The van der Waals surface area contributed by atoms with Crippen LogP contribution < -0.4 is 0 Å². The summed E-state index contributed by atoms with van der Waals surface area (Å²) in [5.74, 6) is 0. The average molecular weight is 104 g/mol. The summed E-state index contributed by atoms with van der Waals surface area (Å²) in [6, 6.07) is 0. The first-order valence-electron chi connectivity index (χ1n) is 2.02. The molecule has 1 unspecified atom stereocenters. The third-order valence-corrected chi connectivity index (χ3v) is 0.972. The lowest BCUT2D eigenvalue weighted by Gasteiger charge is -1.91. The van der Waals surface area contributed by atoms with Crippen LogP contribution in [0, 0.1) is 0 Å². The molecule has 1 aliphatic heterocycles. The van der Waals surface area contributed by atoms with Crippen LogP contribution >= 0.6 is 0 Å². The molecule has 1 N–H and O–H groups in total. The van der Waals surface area contributed by atoms with Crippen molar-refractivity contribution in [3.8, 4) is 0 Å². The summed E-state index contributed by atoms with van der Waals surface area (Å²) in [5, 5.41) is 8.34. The number of aliphatic hydroxyl groups is 1. The highest BCUT2D eigenvalue weighted by Gasteiger charge is 2.38. The maximum Gasteiger partial charge on any atom is 0.112 e. The van der Waals surface area contributed by atoms with Crippen molar-refractivity contribution in [2.45, 2.75) is 20.0 Å². The van der Waals surface area contributed by atoms with Crippen LogP contribution in [0.25, 0.3) is 0 Å². The van der Waals surface area contributed by atoms with Gasteiger partial charge in [0.2, 0.25) is 0 Å². The second-order valence-electron chi connectivity index (χ2n) is 1.90. The van der Waals surface area contributed by atoms with E-state index < -0.39 is 0 Å². The van der Waals surface area contributed by atoms with Gasteiger partial charge in [-0.3, -0.25) is 0 Å². The molecule has 1 heterocycles. The maximum absolute atomic E-state index is 8.34. The van der Waals surface area contributed by atoms with Crippen molar-refractivity contribution in [1.29, 1.82) is 0 Å². The van der Waals surface area contributed by atoms with E-state index in [1.54, 1.807) is 0 Å². The van der Waals surface area contributed by atoms with Crippen LogP contribution in [0.15, 0.2) is 0 Å². The zero-order chi connectivity index (χ0) is 4.62. The molecule has 0 aliphatic carbocycles. The second-order valence-corrected chi connectivity index (χ2v) is 1.90. The zero-order valence-corrected chi connectivity index (χ0v) is 3.77. The molecule has 0 saturated carbocycles. The first-order chi connectivity index (χ1) is 2.77. The summed E-state index contributed by atoms with van der Waals surface area (Å²) in [6.07, 6.45) is 0. The Morgan fingerprint density at radius 1 is 1.86 bits per heavy atom. The van der Waals surface area contributed by atoms with E-state index in [4.69, 9.17) is 9.84 Å². The minimum Gasteiger partial charge on any atom is -0.393 e. The number of hydrogen-bond acceptors (Lipinski definition) is 2. The van der Waals surface area contributed by atoms with Gasteiger partial charge in [-0.25, -0.2) is 0 Å². The Labute approximate surface area is 44.1 Å². The van der Waals surface area contributed by atoms with Crippen LogP contribution in [-0.2, 0) is 4.74 Å². The average Bonchev–Trinajstić information content (AvgIpc) is 2.22. The summed E-state index contributed by atoms with van der Waals surface area (Å²) in [7, 11) is 0. The van der Waals surface area contributed by atoms with Gasteiger partial charge in [-0.1, -0.05) is 7.43 Å². The molecule has 44 valence electrons. The molecule has 2 heteroatoms. The molecular weight excluding hydrogens is 92.1 g/mol. The van der Waals surface area contributed by atoms with Crippen molar-refractivity contribution in [2.75, 3.05) is 13.2 Å². The molecule has 2 nitrogen and oxygen atoms in total. The van der Waals surface area contributed by atoms with Crippen molar-refractivity contribution in [1.82, 2.24) is 0 Å². The third-order valence-electron chi connectivity index (χ3n) is 0.972. The van der Waals surface area contributed by atoms with Gasteiger partial charge in [-0.2, -0.15) is 0 Å². The van der Waals surface area contributed by atoms with Crippen LogP contribution in [0.2, 0.25) is 0 Å². The Morgan fingerprint density at radius 2 is 2.29 bits per heavy atom. The van der Waals surface area contributed by atoms with Crippen LogP contribution in [0.4, 0.5) is 0 Å². The largest absolute Gasteiger partial charge is 0.393 e. The highest BCUT2D eigenvalue weighted by atomic mass is 16.6. The molecule has 1 rings (SSSR count). The van der Waals surface area contributed by atoms with Gasteiger partial charge in [0.05, 0.1) is 13.2 Å². The van der Waals surface area contributed by atoms with Crippen molar-refractivity contribution in [2.24, 2.45) is 0 Å². The molecule has 1 atom stereocenters. The molecule has 7 heavy (non-hydrogen) atoms. The lowest BCUT2D eigenvalue weighted by molar-refractivity contribution is 0.185. The van der Waals surface area contributed by atoms with E-state index in [0.29, 0.717) is 0 Å². The van der Waals surface area contributed by atoms with E-state index in [9.17, 15) is 0 Å². The zero-order valence-electron chi connectivity index (χ0n) is 3.77. The molecule has 0 bridgehead atoms. The quantitative estimate of drug-likeness (QED) is 0.488. The van der Waals surface area contributed by atoms with E-state index in [1.165, 1.54) is 0 Å². The number of rotatable bonds is 1. The highest BCUT2D eigenvalue weighted by molar-refractivity contribution is 4.85. The number of aliphatic hydroxyl groups excluding tert-OH is 1. The van der Waals surface area contributed by atoms with Crippen molar-refractivity contribution >= 4 is 0 Å². The maximum atomic E-state index is 8.34. The summed E-state index contributed by atoms with van der Waals surface area (Å²) in [6.45, 7) is 2.77. The van der Waals surface area contributed by atoms with Gasteiger partial charge in [-0.05, 0) is 6.92 Å². The van der Waals surface area contributed by atoms with Gasteiger partial charge < -0.3 is 9.84 Å². The molecule has 0 amide bonds. The lowest BCUT2D eigenvalue weighted by Crippen LogP contribution is -2.09. The summed E-state index contributed by atoms with van der Waals surface area (Å²) < 4.78 is 4.80. The van der Waals surface area contributed by atoms with Gasteiger partial charge in [-0.15, -0.1) is 0 Å². The van der Waals surface area contributed by atoms with Crippen LogP contribution in [0.1, 0.15) is 14.4 Å². The van der Waals surface area contributed by atoms with E-state index in [-0.39, 0.29) is 19.6 Å². The molecule has 1 saturated heterocycles. The van der Waals surface area contributed by atoms with Gasteiger partial charge in [0, 0.05) is 0 Å². The first-order valence-corrected chi connectivity index (χ1v) is 2.02. The normalized spacial score (nSPS) is 36.9. The minimum atomic E-state index is -0.153. The van der Waals surface area contributed by atoms with Crippen LogP contribution in [0.3, 0.4) is 0 Å². The topological polar surface area (TPSA) is 32.8 Å². The lowest BCUT2D eigenvalue weighted by atomic mass is 10.2. The van der Waals surface area contributed by atoms with Crippen LogP contribution in [0.5, 0.6) is 0 Å². The predicted octanol–water partition coefficient (Wildman–Crippen LogP) is 0.404. The molecule has 0 aromatic heterocycles. The van der Waals surface area contributed by atoms with Gasteiger partial charge in [0.25, 0.3) is 0 Å². The molecule has 0 aromatic rings. The van der Waals surface area contributed by atoms with Crippen molar-refractivity contribution in [3.63, 3.8) is 0 Å². The van der Waals surface area contributed by atoms with E-state index in [1.807, 2.05) is 6.92 Å². The van der Waals surface area contributed by atoms with Crippen LogP contribution in [-0.4, -0.2) is 23.9 Å². The van der Waals surface area contributed by atoms with Crippen molar-refractivity contribution in [3.05, 3.63) is 0 Å². The van der Waals surface area contributed by atoms with E-state index in [0.717, 1.165) is 6.61 Å². The fourth-order valence-electron chi connectivity index (χ4n) is 0.214. The Hall–Kier alpha value is -0.0800.